The van der Waals surface area contributed by atoms with Gasteiger partial charge in [-0.05, 0) is 36.0 Å². The molecule has 0 bridgehead atoms. The molecule has 0 saturated heterocycles. The van der Waals surface area contributed by atoms with Crippen molar-refractivity contribution >= 4 is 0 Å². The van der Waals surface area contributed by atoms with Crippen LogP contribution in [0.15, 0.2) is 42.5 Å². The number of aryl methyl sites for hydroxylation is 1. The maximum absolute atomic E-state index is 14.1. The van der Waals surface area contributed by atoms with E-state index in [4.69, 9.17) is 5.73 Å². The van der Waals surface area contributed by atoms with Gasteiger partial charge >= 0.3 is 0 Å². The lowest BCUT2D eigenvalue weighted by atomic mass is 9.95. The van der Waals surface area contributed by atoms with Gasteiger partial charge in [0.25, 0.3) is 0 Å². The van der Waals surface area contributed by atoms with E-state index in [1.54, 1.807) is 19.1 Å². The molecule has 106 valence electrons. The fourth-order valence-electron chi connectivity index (χ4n) is 2.42. The van der Waals surface area contributed by atoms with E-state index in [2.05, 4.69) is 26.0 Å². The molecule has 0 fully saturated rings. The highest BCUT2D eigenvalue weighted by atomic mass is 19.1. The summed E-state index contributed by atoms with van der Waals surface area (Å²) in [6, 6.07) is 13.1. The van der Waals surface area contributed by atoms with Crippen molar-refractivity contribution in [2.45, 2.75) is 33.2 Å². The summed E-state index contributed by atoms with van der Waals surface area (Å²) >= 11 is 0. The quantitative estimate of drug-likeness (QED) is 0.877. The zero-order valence-electron chi connectivity index (χ0n) is 12.4. The Hall–Kier alpha value is -1.67. The van der Waals surface area contributed by atoms with Crippen molar-refractivity contribution in [1.82, 2.24) is 0 Å². The highest BCUT2D eigenvalue weighted by Gasteiger charge is 2.14. The second-order valence-electron chi connectivity index (χ2n) is 5.80. The third-order valence-corrected chi connectivity index (χ3v) is 3.54. The van der Waals surface area contributed by atoms with Gasteiger partial charge in [0, 0.05) is 5.56 Å². The lowest BCUT2D eigenvalue weighted by molar-refractivity contribution is 0.591. The van der Waals surface area contributed by atoms with E-state index in [9.17, 15) is 4.39 Å². The van der Waals surface area contributed by atoms with E-state index in [1.165, 1.54) is 5.56 Å². The second kappa shape index (κ2) is 6.19. The topological polar surface area (TPSA) is 26.0 Å². The van der Waals surface area contributed by atoms with Gasteiger partial charge in [-0.1, -0.05) is 56.3 Å². The van der Waals surface area contributed by atoms with Crippen LogP contribution in [0.5, 0.6) is 0 Å². The van der Waals surface area contributed by atoms with Crippen molar-refractivity contribution in [3.63, 3.8) is 0 Å². The Balaban J connectivity index is 2.25. The van der Waals surface area contributed by atoms with E-state index >= 15 is 0 Å². The molecular formula is C18H22FN. The molecule has 1 atom stereocenters. The fourth-order valence-corrected chi connectivity index (χ4v) is 2.42. The first-order valence-electron chi connectivity index (χ1n) is 7.08. The Kier molecular flexibility index (Phi) is 4.56. The Bertz CT molecular complexity index is 572. The third kappa shape index (κ3) is 3.26. The Labute approximate surface area is 120 Å². The monoisotopic (exact) mass is 271 g/mol. The smallest absolute Gasteiger partial charge is 0.131 e. The van der Waals surface area contributed by atoms with Crippen LogP contribution < -0.4 is 5.73 Å². The summed E-state index contributed by atoms with van der Waals surface area (Å²) in [6.45, 7) is 6.15. The molecule has 0 amide bonds. The van der Waals surface area contributed by atoms with Crippen LogP contribution in [-0.2, 0) is 6.42 Å². The number of hydrogen-bond acceptors (Lipinski definition) is 1. The second-order valence-corrected chi connectivity index (χ2v) is 5.80. The van der Waals surface area contributed by atoms with Gasteiger partial charge in [-0.25, -0.2) is 4.39 Å². The van der Waals surface area contributed by atoms with Crippen LogP contribution in [0.2, 0.25) is 0 Å². The summed E-state index contributed by atoms with van der Waals surface area (Å²) in [5.41, 5.74) is 9.63. The molecule has 0 aliphatic heterocycles. The van der Waals surface area contributed by atoms with Gasteiger partial charge in [-0.15, -0.1) is 0 Å². The van der Waals surface area contributed by atoms with Crippen LogP contribution in [0.3, 0.4) is 0 Å². The minimum absolute atomic E-state index is 0.203. The van der Waals surface area contributed by atoms with E-state index in [0.717, 1.165) is 12.0 Å². The number of halogens is 1. The lowest BCUT2D eigenvalue weighted by Gasteiger charge is -2.15. The molecule has 0 aromatic heterocycles. The molecule has 0 spiro atoms. The molecule has 2 heteroatoms. The van der Waals surface area contributed by atoms with Crippen molar-refractivity contribution in [2.75, 3.05) is 0 Å². The molecule has 0 heterocycles. The number of benzene rings is 2. The fraction of sp³-hybridized carbons (Fsp3) is 0.333. The maximum atomic E-state index is 14.1. The minimum atomic E-state index is -0.414. The first kappa shape index (κ1) is 14.7. The predicted octanol–water partition coefficient (Wildman–Crippen LogP) is 4.38. The molecule has 0 saturated carbocycles. The zero-order chi connectivity index (χ0) is 14.7. The van der Waals surface area contributed by atoms with E-state index < -0.39 is 6.04 Å². The first-order chi connectivity index (χ1) is 9.49. The Morgan fingerprint density at radius 2 is 1.70 bits per heavy atom. The molecule has 2 aromatic rings. The van der Waals surface area contributed by atoms with Gasteiger partial charge in [-0.2, -0.15) is 0 Å². The van der Waals surface area contributed by atoms with E-state index in [1.807, 2.05) is 18.2 Å². The molecule has 1 unspecified atom stereocenters. The first-order valence-corrected chi connectivity index (χ1v) is 7.08. The summed E-state index contributed by atoms with van der Waals surface area (Å²) in [5.74, 6) is 0.426. The van der Waals surface area contributed by atoms with Crippen LogP contribution in [-0.4, -0.2) is 0 Å². The van der Waals surface area contributed by atoms with Crippen LogP contribution in [0, 0.1) is 18.7 Å². The summed E-state index contributed by atoms with van der Waals surface area (Å²) < 4.78 is 14.1. The standard InChI is InChI=1S/C18H22FN/c1-12(2)11-14-7-9-15(10-8-14)18(20)16-6-4-5-13(3)17(16)19/h4-10,12,18H,11,20H2,1-3H3. The molecule has 2 aromatic carbocycles. The molecule has 1 nitrogen and oxygen atoms in total. The Morgan fingerprint density at radius 3 is 2.30 bits per heavy atom. The number of nitrogens with two attached hydrogens (primary N) is 1. The van der Waals surface area contributed by atoms with Crippen molar-refractivity contribution in [2.24, 2.45) is 11.7 Å². The largest absolute Gasteiger partial charge is 0.320 e. The van der Waals surface area contributed by atoms with Crippen molar-refractivity contribution in [3.05, 3.63) is 70.5 Å². The van der Waals surface area contributed by atoms with Crippen molar-refractivity contribution in [3.8, 4) is 0 Å². The predicted molar refractivity (Wildman–Crippen MR) is 82.2 cm³/mol. The number of hydrogen-bond donors (Lipinski definition) is 1. The van der Waals surface area contributed by atoms with Gasteiger partial charge < -0.3 is 5.73 Å². The SMILES string of the molecule is Cc1cccc(C(N)c2ccc(CC(C)C)cc2)c1F. The highest BCUT2D eigenvalue weighted by Crippen LogP contribution is 2.24. The summed E-state index contributed by atoms with van der Waals surface area (Å²) in [4.78, 5) is 0. The molecule has 0 radical (unpaired) electrons. The van der Waals surface area contributed by atoms with Gasteiger partial charge in [0.1, 0.15) is 5.82 Å². The summed E-state index contributed by atoms with van der Waals surface area (Å²) in [6.07, 6.45) is 1.05. The van der Waals surface area contributed by atoms with Gasteiger partial charge in [0.2, 0.25) is 0 Å². The lowest BCUT2D eigenvalue weighted by Crippen LogP contribution is -2.14. The van der Waals surface area contributed by atoms with Crippen LogP contribution in [0.25, 0.3) is 0 Å². The van der Waals surface area contributed by atoms with E-state index in [-0.39, 0.29) is 5.82 Å². The molecule has 0 aliphatic rings. The minimum Gasteiger partial charge on any atom is -0.320 e. The molecule has 2 rings (SSSR count). The average Bonchev–Trinajstić information content (AvgIpc) is 2.41. The Morgan fingerprint density at radius 1 is 1.05 bits per heavy atom. The van der Waals surface area contributed by atoms with Crippen molar-refractivity contribution in [1.29, 1.82) is 0 Å². The van der Waals surface area contributed by atoms with Crippen molar-refractivity contribution < 1.29 is 4.39 Å². The average molecular weight is 271 g/mol. The van der Waals surface area contributed by atoms with Crippen LogP contribution in [0.1, 0.15) is 42.1 Å². The summed E-state index contributed by atoms with van der Waals surface area (Å²) in [5, 5.41) is 0. The van der Waals surface area contributed by atoms with Gasteiger partial charge in [0.05, 0.1) is 6.04 Å². The van der Waals surface area contributed by atoms with Crippen LogP contribution in [0.4, 0.5) is 4.39 Å². The van der Waals surface area contributed by atoms with Gasteiger partial charge in [-0.3, -0.25) is 0 Å². The molecule has 2 N–H and O–H groups in total. The van der Waals surface area contributed by atoms with E-state index in [0.29, 0.717) is 17.0 Å². The molecular weight excluding hydrogens is 249 g/mol. The van der Waals surface area contributed by atoms with Crippen LogP contribution >= 0.6 is 0 Å². The molecule has 20 heavy (non-hydrogen) atoms. The molecule has 0 aliphatic carbocycles. The third-order valence-electron chi connectivity index (χ3n) is 3.54. The zero-order valence-corrected chi connectivity index (χ0v) is 12.4. The van der Waals surface area contributed by atoms with Gasteiger partial charge in [0.15, 0.2) is 0 Å². The number of rotatable bonds is 4. The maximum Gasteiger partial charge on any atom is 0.131 e. The normalized spacial score (nSPS) is 12.7. The summed E-state index contributed by atoms with van der Waals surface area (Å²) in [7, 11) is 0. The highest BCUT2D eigenvalue weighted by molar-refractivity contribution is 5.36.